The maximum Gasteiger partial charge on any atom is 0.162 e. The van der Waals surface area contributed by atoms with Gasteiger partial charge in [-0.25, -0.2) is 13.8 Å². The molecule has 1 saturated heterocycles. The summed E-state index contributed by atoms with van der Waals surface area (Å²) in [4.78, 5) is 6.54. The summed E-state index contributed by atoms with van der Waals surface area (Å²) in [5.74, 6) is 0.0870. The first-order valence-electron chi connectivity index (χ1n) is 9.49. The van der Waals surface area contributed by atoms with Crippen LogP contribution in [0.25, 0.3) is 0 Å². The number of nitrogens with zero attached hydrogens (tertiary/aromatic N) is 2. The van der Waals surface area contributed by atoms with Crippen LogP contribution in [0.1, 0.15) is 0 Å². The largest absolute Gasteiger partial charge is 0.495 e. The summed E-state index contributed by atoms with van der Waals surface area (Å²) in [7, 11) is 1.64. The van der Waals surface area contributed by atoms with Crippen molar-refractivity contribution in [1.29, 1.82) is 0 Å². The zero-order chi connectivity index (χ0) is 20.9. The molecule has 2 aromatic carbocycles. The predicted octanol–water partition coefficient (Wildman–Crippen LogP) is 4.74. The maximum absolute atomic E-state index is 13.3. The van der Waals surface area contributed by atoms with Crippen LogP contribution in [0.2, 0.25) is 0 Å². The van der Waals surface area contributed by atoms with Gasteiger partial charge in [0.2, 0.25) is 0 Å². The summed E-state index contributed by atoms with van der Waals surface area (Å²) in [6, 6.07) is 12.7. The molecule has 0 saturated carbocycles. The number of hydrogen-bond donors (Lipinski definition) is 1. The first-order valence-corrected chi connectivity index (χ1v) is 9.49. The average Bonchev–Trinajstić information content (AvgIpc) is 2.78. The number of aromatic nitrogens is 1. The molecule has 1 aliphatic heterocycles. The second kappa shape index (κ2) is 8.96. The Morgan fingerprint density at radius 2 is 1.77 bits per heavy atom. The number of nitrogens with one attached hydrogen (secondary N) is 1. The minimum absolute atomic E-state index is 0.194. The Labute approximate surface area is 173 Å². The van der Waals surface area contributed by atoms with Crippen molar-refractivity contribution in [1.82, 2.24) is 4.98 Å². The van der Waals surface area contributed by atoms with Crippen LogP contribution in [0.4, 0.5) is 26.0 Å². The number of benzene rings is 2. The van der Waals surface area contributed by atoms with Gasteiger partial charge in [0.15, 0.2) is 11.6 Å². The van der Waals surface area contributed by atoms with E-state index in [0.717, 1.165) is 42.3 Å². The molecule has 0 bridgehead atoms. The summed E-state index contributed by atoms with van der Waals surface area (Å²) >= 11 is 0. The molecule has 1 aromatic heterocycles. The van der Waals surface area contributed by atoms with Gasteiger partial charge in [0.05, 0.1) is 32.2 Å². The highest BCUT2D eigenvalue weighted by Crippen LogP contribution is 2.33. The molecule has 0 atom stereocenters. The fraction of sp³-hybridized carbons (Fsp3) is 0.227. The van der Waals surface area contributed by atoms with Gasteiger partial charge in [0.1, 0.15) is 23.1 Å². The van der Waals surface area contributed by atoms with Gasteiger partial charge in [-0.3, -0.25) is 0 Å². The van der Waals surface area contributed by atoms with Gasteiger partial charge < -0.3 is 24.4 Å². The summed E-state index contributed by atoms with van der Waals surface area (Å²) in [6.07, 6.45) is 1.50. The van der Waals surface area contributed by atoms with Crippen LogP contribution >= 0.6 is 0 Å². The maximum atomic E-state index is 13.3. The molecule has 1 fully saturated rings. The number of morpholine rings is 1. The number of anilines is 3. The van der Waals surface area contributed by atoms with E-state index in [0.29, 0.717) is 24.8 Å². The number of halogens is 2. The van der Waals surface area contributed by atoms with Gasteiger partial charge in [0.25, 0.3) is 0 Å². The minimum Gasteiger partial charge on any atom is -0.495 e. The van der Waals surface area contributed by atoms with Crippen molar-refractivity contribution in [3.8, 4) is 17.2 Å². The van der Waals surface area contributed by atoms with E-state index in [1.54, 1.807) is 19.2 Å². The van der Waals surface area contributed by atoms with Crippen molar-refractivity contribution in [3.05, 3.63) is 66.4 Å². The Morgan fingerprint density at radius 3 is 2.47 bits per heavy atom. The van der Waals surface area contributed by atoms with Gasteiger partial charge in [-0.05, 0) is 36.4 Å². The van der Waals surface area contributed by atoms with Crippen LogP contribution < -0.4 is 19.7 Å². The second-order valence-electron chi connectivity index (χ2n) is 6.67. The Bertz CT molecular complexity index is 1010. The SMILES string of the molecule is COc1cc(Nc2ccc(Oc3ccc(F)c(F)c3)cn2)ccc1N1CCOCC1. The lowest BCUT2D eigenvalue weighted by Gasteiger charge is -2.30. The lowest BCUT2D eigenvalue weighted by Crippen LogP contribution is -2.36. The van der Waals surface area contributed by atoms with E-state index >= 15 is 0 Å². The lowest BCUT2D eigenvalue weighted by molar-refractivity contribution is 0.122. The van der Waals surface area contributed by atoms with Gasteiger partial charge in [-0.15, -0.1) is 0 Å². The normalized spacial score (nSPS) is 13.8. The summed E-state index contributed by atoms with van der Waals surface area (Å²) in [6.45, 7) is 3.05. The molecule has 156 valence electrons. The number of hydrogen-bond acceptors (Lipinski definition) is 6. The van der Waals surface area contributed by atoms with Crippen molar-refractivity contribution in [3.63, 3.8) is 0 Å². The van der Waals surface area contributed by atoms with Crippen LogP contribution in [0, 0.1) is 11.6 Å². The lowest BCUT2D eigenvalue weighted by atomic mass is 10.2. The summed E-state index contributed by atoms with van der Waals surface area (Å²) in [5.41, 5.74) is 1.85. The quantitative estimate of drug-likeness (QED) is 0.630. The highest BCUT2D eigenvalue weighted by molar-refractivity contribution is 5.68. The van der Waals surface area contributed by atoms with Crippen LogP contribution in [-0.4, -0.2) is 38.4 Å². The molecular formula is C22H21F2N3O3. The molecule has 1 aliphatic rings. The zero-order valence-electron chi connectivity index (χ0n) is 16.4. The molecule has 2 heterocycles. The first-order chi connectivity index (χ1) is 14.6. The van der Waals surface area contributed by atoms with Gasteiger partial charge in [-0.2, -0.15) is 0 Å². The molecule has 0 radical (unpaired) electrons. The Hall–Kier alpha value is -3.39. The van der Waals surface area contributed by atoms with E-state index in [-0.39, 0.29) is 5.75 Å². The summed E-state index contributed by atoms with van der Waals surface area (Å²) in [5, 5.41) is 3.22. The smallest absolute Gasteiger partial charge is 0.162 e. The first kappa shape index (κ1) is 19.9. The average molecular weight is 413 g/mol. The minimum atomic E-state index is -0.965. The molecule has 8 heteroatoms. The number of rotatable bonds is 6. The van der Waals surface area contributed by atoms with Crippen LogP contribution in [0.5, 0.6) is 17.2 Å². The van der Waals surface area contributed by atoms with E-state index in [4.69, 9.17) is 14.2 Å². The standard InChI is InChI=1S/C22H21F2N3O3/c1-28-21-12-15(2-6-20(21)27-8-10-29-11-9-27)26-22-7-4-17(14-25-22)30-16-3-5-18(23)19(24)13-16/h2-7,12-14H,8-11H2,1H3,(H,25,26). The van der Waals surface area contributed by atoms with E-state index in [2.05, 4.69) is 15.2 Å². The Balaban J connectivity index is 1.44. The van der Waals surface area contributed by atoms with Crippen LogP contribution in [0.3, 0.4) is 0 Å². The molecule has 0 unspecified atom stereocenters. The molecule has 0 spiro atoms. The van der Waals surface area contributed by atoms with Crippen molar-refractivity contribution in [2.45, 2.75) is 0 Å². The molecular weight excluding hydrogens is 392 g/mol. The topological polar surface area (TPSA) is 55.8 Å². The molecule has 0 aliphatic carbocycles. The third kappa shape index (κ3) is 4.60. The van der Waals surface area contributed by atoms with Crippen LogP contribution in [0.15, 0.2) is 54.7 Å². The van der Waals surface area contributed by atoms with Crippen molar-refractivity contribution < 1.29 is 23.0 Å². The molecule has 0 amide bonds. The van der Waals surface area contributed by atoms with Crippen molar-refractivity contribution >= 4 is 17.2 Å². The molecule has 1 N–H and O–H groups in total. The molecule has 4 rings (SSSR count). The molecule has 6 nitrogen and oxygen atoms in total. The fourth-order valence-electron chi connectivity index (χ4n) is 3.16. The number of ether oxygens (including phenoxy) is 3. The summed E-state index contributed by atoms with van der Waals surface area (Å²) < 4.78 is 42.8. The van der Waals surface area contributed by atoms with E-state index in [9.17, 15) is 8.78 Å². The predicted molar refractivity (Wildman–Crippen MR) is 110 cm³/mol. The highest BCUT2D eigenvalue weighted by atomic mass is 19.2. The Kier molecular flexibility index (Phi) is 5.94. The fourth-order valence-corrected chi connectivity index (χ4v) is 3.16. The van der Waals surface area contributed by atoms with E-state index in [1.165, 1.54) is 12.3 Å². The number of methoxy groups -OCH3 is 1. The zero-order valence-corrected chi connectivity index (χ0v) is 16.4. The van der Waals surface area contributed by atoms with Gasteiger partial charge >= 0.3 is 0 Å². The van der Waals surface area contributed by atoms with Crippen molar-refractivity contribution in [2.24, 2.45) is 0 Å². The molecule has 3 aromatic rings. The molecule has 30 heavy (non-hydrogen) atoms. The van der Waals surface area contributed by atoms with Crippen molar-refractivity contribution in [2.75, 3.05) is 43.6 Å². The van der Waals surface area contributed by atoms with E-state index in [1.807, 2.05) is 18.2 Å². The van der Waals surface area contributed by atoms with Crippen LogP contribution in [-0.2, 0) is 4.74 Å². The highest BCUT2D eigenvalue weighted by Gasteiger charge is 2.16. The Morgan fingerprint density at radius 1 is 0.967 bits per heavy atom. The van der Waals surface area contributed by atoms with Gasteiger partial charge in [-0.1, -0.05) is 0 Å². The number of pyridine rings is 1. The third-order valence-corrected chi connectivity index (χ3v) is 4.67. The van der Waals surface area contributed by atoms with Gasteiger partial charge in [0, 0.05) is 30.9 Å². The third-order valence-electron chi connectivity index (χ3n) is 4.67. The van der Waals surface area contributed by atoms with E-state index < -0.39 is 11.6 Å². The monoisotopic (exact) mass is 413 g/mol. The second-order valence-corrected chi connectivity index (χ2v) is 6.67.